The van der Waals surface area contributed by atoms with E-state index in [4.69, 9.17) is 4.74 Å². The van der Waals surface area contributed by atoms with Crippen LogP contribution in [0.25, 0.3) is 0 Å². The van der Waals surface area contributed by atoms with E-state index < -0.39 is 0 Å². The molecule has 0 heterocycles. The molecule has 1 saturated carbocycles. The molecule has 110 valence electrons. The molecular formula is C18H32O. The molecular weight excluding hydrogens is 232 g/mol. The van der Waals surface area contributed by atoms with Gasteiger partial charge in [0, 0.05) is 7.11 Å². The van der Waals surface area contributed by atoms with Crippen LogP contribution in [0.15, 0.2) is 11.6 Å². The fraction of sp³-hybridized carbons (Fsp3) is 0.889. The summed E-state index contributed by atoms with van der Waals surface area (Å²) in [6.45, 7) is 4.67. The molecule has 2 atom stereocenters. The average molecular weight is 264 g/mol. The predicted molar refractivity (Wildman–Crippen MR) is 82.3 cm³/mol. The zero-order chi connectivity index (χ0) is 13.7. The summed E-state index contributed by atoms with van der Waals surface area (Å²) in [6.07, 6.45) is 16.2. The van der Waals surface area contributed by atoms with Crippen LogP contribution >= 0.6 is 0 Å². The van der Waals surface area contributed by atoms with Gasteiger partial charge in [-0.2, -0.15) is 0 Å². The van der Waals surface area contributed by atoms with Crippen LogP contribution in [0.5, 0.6) is 0 Å². The lowest BCUT2D eigenvalue weighted by Crippen LogP contribution is -2.41. The second-order valence-corrected chi connectivity index (χ2v) is 6.78. The van der Waals surface area contributed by atoms with Crippen molar-refractivity contribution in [3.8, 4) is 0 Å². The van der Waals surface area contributed by atoms with Gasteiger partial charge in [-0.15, -0.1) is 0 Å². The van der Waals surface area contributed by atoms with Gasteiger partial charge in [0.25, 0.3) is 0 Å². The molecule has 2 rings (SSSR count). The highest BCUT2D eigenvalue weighted by Crippen LogP contribution is 2.43. The molecule has 0 aromatic carbocycles. The Hall–Kier alpha value is -0.300. The van der Waals surface area contributed by atoms with E-state index in [-0.39, 0.29) is 5.60 Å². The van der Waals surface area contributed by atoms with Crippen molar-refractivity contribution in [2.24, 2.45) is 11.8 Å². The van der Waals surface area contributed by atoms with Crippen LogP contribution in [0.4, 0.5) is 0 Å². The number of allylic oxidation sites excluding steroid dienone is 1. The Bertz CT molecular complexity index is 301. The van der Waals surface area contributed by atoms with Gasteiger partial charge in [-0.1, -0.05) is 38.7 Å². The van der Waals surface area contributed by atoms with Gasteiger partial charge in [0.15, 0.2) is 0 Å². The van der Waals surface area contributed by atoms with Crippen LogP contribution in [0.2, 0.25) is 0 Å². The third kappa shape index (κ3) is 3.42. The largest absolute Gasteiger partial charge is 0.374 e. The van der Waals surface area contributed by atoms with Crippen molar-refractivity contribution in [1.29, 1.82) is 0 Å². The van der Waals surface area contributed by atoms with E-state index >= 15 is 0 Å². The van der Waals surface area contributed by atoms with Crippen LogP contribution in [0.1, 0.15) is 78.1 Å². The van der Waals surface area contributed by atoms with E-state index in [0.717, 1.165) is 11.8 Å². The van der Waals surface area contributed by atoms with E-state index in [1.807, 2.05) is 7.11 Å². The normalized spacial score (nSPS) is 28.8. The number of methoxy groups -OCH3 is 1. The monoisotopic (exact) mass is 264 g/mol. The molecule has 1 nitrogen and oxygen atoms in total. The summed E-state index contributed by atoms with van der Waals surface area (Å²) in [5.74, 6) is 1.56. The molecule has 0 N–H and O–H groups in total. The first kappa shape index (κ1) is 15.1. The fourth-order valence-corrected chi connectivity index (χ4v) is 4.23. The van der Waals surface area contributed by atoms with Crippen LogP contribution in [-0.2, 0) is 4.74 Å². The van der Waals surface area contributed by atoms with Gasteiger partial charge < -0.3 is 4.74 Å². The Morgan fingerprint density at radius 3 is 2.53 bits per heavy atom. The minimum Gasteiger partial charge on any atom is -0.374 e. The van der Waals surface area contributed by atoms with Gasteiger partial charge in [0.2, 0.25) is 0 Å². The molecule has 0 aromatic heterocycles. The van der Waals surface area contributed by atoms with Gasteiger partial charge in [0.05, 0.1) is 5.60 Å². The lowest BCUT2D eigenvalue weighted by molar-refractivity contribution is -0.0292. The van der Waals surface area contributed by atoms with Crippen LogP contribution in [0.3, 0.4) is 0 Å². The minimum absolute atomic E-state index is 0.0207. The van der Waals surface area contributed by atoms with E-state index in [1.165, 1.54) is 64.2 Å². The second kappa shape index (κ2) is 6.92. The van der Waals surface area contributed by atoms with E-state index in [0.29, 0.717) is 0 Å². The molecule has 0 aromatic rings. The number of hydrogen-bond acceptors (Lipinski definition) is 1. The van der Waals surface area contributed by atoms with Crippen LogP contribution < -0.4 is 0 Å². The van der Waals surface area contributed by atoms with E-state index in [2.05, 4.69) is 19.9 Å². The highest BCUT2D eigenvalue weighted by Gasteiger charge is 2.39. The standard InChI is InChI=1S/C18H32O/c1-4-9-15-10-8-13-17(14-15)18(2,19-3)16-11-6-5-7-12-16/h14-16H,4-13H2,1-3H3. The summed E-state index contributed by atoms with van der Waals surface area (Å²) in [5, 5.41) is 0. The van der Waals surface area contributed by atoms with Crippen molar-refractivity contribution >= 4 is 0 Å². The van der Waals surface area contributed by atoms with Crippen LogP contribution in [-0.4, -0.2) is 12.7 Å². The maximum atomic E-state index is 6.07. The molecule has 1 fully saturated rings. The maximum Gasteiger partial charge on any atom is 0.0887 e. The number of rotatable bonds is 5. The lowest BCUT2D eigenvalue weighted by Gasteiger charge is -2.42. The van der Waals surface area contributed by atoms with E-state index in [9.17, 15) is 0 Å². The van der Waals surface area contributed by atoms with Crippen molar-refractivity contribution < 1.29 is 4.74 Å². The predicted octanol–water partition coefficient (Wildman–Crippen LogP) is 5.50. The summed E-state index contributed by atoms with van der Waals surface area (Å²) >= 11 is 0. The highest BCUT2D eigenvalue weighted by molar-refractivity contribution is 5.21. The summed E-state index contributed by atoms with van der Waals surface area (Å²) in [5.41, 5.74) is 1.64. The Morgan fingerprint density at radius 1 is 1.16 bits per heavy atom. The van der Waals surface area contributed by atoms with Gasteiger partial charge in [-0.25, -0.2) is 0 Å². The average Bonchev–Trinajstić information content (AvgIpc) is 2.48. The summed E-state index contributed by atoms with van der Waals surface area (Å²) in [4.78, 5) is 0. The Labute approximate surface area is 119 Å². The van der Waals surface area contributed by atoms with Crippen LogP contribution in [0, 0.1) is 11.8 Å². The number of ether oxygens (including phenoxy) is 1. The Balaban J connectivity index is 2.14. The third-order valence-electron chi connectivity index (χ3n) is 5.56. The van der Waals surface area contributed by atoms with Crippen molar-refractivity contribution in [1.82, 2.24) is 0 Å². The molecule has 1 heteroatoms. The smallest absolute Gasteiger partial charge is 0.0887 e. The van der Waals surface area contributed by atoms with Crippen molar-refractivity contribution in [2.45, 2.75) is 83.7 Å². The Morgan fingerprint density at radius 2 is 1.89 bits per heavy atom. The molecule has 0 amide bonds. The van der Waals surface area contributed by atoms with Gasteiger partial charge in [-0.05, 0) is 62.9 Å². The first-order chi connectivity index (χ1) is 9.20. The first-order valence-electron chi connectivity index (χ1n) is 8.47. The molecule has 2 aliphatic carbocycles. The van der Waals surface area contributed by atoms with Gasteiger partial charge in [0.1, 0.15) is 0 Å². The topological polar surface area (TPSA) is 9.23 Å². The summed E-state index contributed by atoms with van der Waals surface area (Å²) < 4.78 is 6.07. The molecule has 0 bridgehead atoms. The second-order valence-electron chi connectivity index (χ2n) is 6.78. The maximum absolute atomic E-state index is 6.07. The lowest BCUT2D eigenvalue weighted by atomic mass is 9.70. The minimum atomic E-state index is 0.0207. The summed E-state index contributed by atoms with van der Waals surface area (Å²) in [7, 11) is 1.93. The van der Waals surface area contributed by atoms with Crippen molar-refractivity contribution in [3.05, 3.63) is 11.6 Å². The van der Waals surface area contributed by atoms with Gasteiger partial charge >= 0.3 is 0 Å². The molecule has 0 spiro atoms. The fourth-order valence-electron chi connectivity index (χ4n) is 4.23. The number of hydrogen-bond donors (Lipinski definition) is 0. The third-order valence-corrected chi connectivity index (χ3v) is 5.56. The SMILES string of the molecule is CCCC1C=C(C(C)(OC)C2CCCCC2)CCC1. The zero-order valence-corrected chi connectivity index (χ0v) is 13.2. The molecule has 2 aliphatic rings. The zero-order valence-electron chi connectivity index (χ0n) is 13.2. The Kier molecular flexibility index (Phi) is 5.50. The quantitative estimate of drug-likeness (QED) is 0.596. The van der Waals surface area contributed by atoms with Crippen molar-refractivity contribution in [3.63, 3.8) is 0 Å². The van der Waals surface area contributed by atoms with E-state index in [1.54, 1.807) is 5.57 Å². The molecule has 2 unspecified atom stereocenters. The van der Waals surface area contributed by atoms with Gasteiger partial charge in [-0.3, -0.25) is 0 Å². The van der Waals surface area contributed by atoms with Crippen molar-refractivity contribution in [2.75, 3.05) is 7.11 Å². The molecule has 0 radical (unpaired) electrons. The molecule has 0 saturated heterocycles. The highest BCUT2D eigenvalue weighted by atomic mass is 16.5. The molecule has 19 heavy (non-hydrogen) atoms. The first-order valence-corrected chi connectivity index (χ1v) is 8.47. The summed E-state index contributed by atoms with van der Waals surface area (Å²) in [6, 6.07) is 0. The molecule has 0 aliphatic heterocycles.